The van der Waals surface area contributed by atoms with Gasteiger partial charge in [0.05, 0.1) is 5.25 Å². The van der Waals surface area contributed by atoms with Crippen molar-refractivity contribution < 1.29 is 13.6 Å². The molecule has 0 bridgehead atoms. The number of fused-ring (bicyclic) bond motifs is 1. The van der Waals surface area contributed by atoms with E-state index in [4.69, 9.17) is 0 Å². The summed E-state index contributed by atoms with van der Waals surface area (Å²) in [7, 11) is 0. The molecular formula is C14H15F2NOS. The highest BCUT2D eigenvalue weighted by Gasteiger charge is 2.31. The normalized spacial score (nSPS) is 22.4. The summed E-state index contributed by atoms with van der Waals surface area (Å²) >= 11 is 1.67. The summed E-state index contributed by atoms with van der Waals surface area (Å²) < 4.78 is 27.4. The Morgan fingerprint density at radius 1 is 1.26 bits per heavy atom. The minimum absolute atomic E-state index is 0.0122. The van der Waals surface area contributed by atoms with E-state index < -0.39 is 5.82 Å². The fourth-order valence-corrected chi connectivity index (χ4v) is 4.00. The molecule has 1 saturated heterocycles. The second-order valence-corrected chi connectivity index (χ2v) is 6.31. The van der Waals surface area contributed by atoms with Gasteiger partial charge in [0, 0.05) is 18.7 Å². The van der Waals surface area contributed by atoms with E-state index in [2.05, 4.69) is 0 Å². The molecule has 2 aliphatic heterocycles. The monoisotopic (exact) mass is 283 g/mol. The largest absolute Gasteiger partial charge is 0.337 e. The summed E-state index contributed by atoms with van der Waals surface area (Å²) in [6, 6.07) is 2.31. The summed E-state index contributed by atoms with van der Waals surface area (Å²) in [5.74, 6) is 0.327. The first-order valence-corrected chi connectivity index (χ1v) is 7.58. The molecule has 0 spiro atoms. The predicted octanol–water partition coefficient (Wildman–Crippen LogP) is 2.75. The highest BCUT2D eigenvalue weighted by Crippen LogP contribution is 2.30. The summed E-state index contributed by atoms with van der Waals surface area (Å²) in [6.45, 7) is 0.693. The molecule has 1 amide bonds. The summed E-state index contributed by atoms with van der Waals surface area (Å²) in [5, 5.41) is 0.0122. The van der Waals surface area contributed by atoms with Crippen LogP contribution in [0.5, 0.6) is 0 Å². The number of halogens is 2. The van der Waals surface area contributed by atoms with Gasteiger partial charge in [-0.2, -0.15) is 0 Å². The van der Waals surface area contributed by atoms with Crippen LogP contribution in [-0.2, 0) is 17.8 Å². The Morgan fingerprint density at radius 3 is 2.68 bits per heavy atom. The van der Waals surface area contributed by atoms with E-state index in [-0.39, 0.29) is 23.5 Å². The number of hydrogen-bond donors (Lipinski definition) is 0. The van der Waals surface area contributed by atoms with Crippen LogP contribution in [0, 0.1) is 11.6 Å². The molecule has 5 heteroatoms. The molecular weight excluding hydrogens is 268 g/mol. The Balaban J connectivity index is 1.82. The van der Waals surface area contributed by atoms with Crippen molar-refractivity contribution in [3.8, 4) is 0 Å². The number of carbonyl (C=O) groups excluding carboxylic acids is 1. The van der Waals surface area contributed by atoms with Gasteiger partial charge in [-0.25, -0.2) is 8.78 Å². The first-order valence-electron chi connectivity index (χ1n) is 6.53. The van der Waals surface area contributed by atoms with Gasteiger partial charge in [-0.15, -0.1) is 11.8 Å². The van der Waals surface area contributed by atoms with Gasteiger partial charge in [-0.05, 0) is 42.7 Å². The standard InChI is InChI=1S/C14H15F2NOS/c15-11-3-4-12(16)10-8-17(6-5-9(10)11)14(18)13-2-1-7-19-13/h3-4,13H,1-2,5-8H2/t13-/m0/s1. The van der Waals surface area contributed by atoms with Gasteiger partial charge < -0.3 is 4.90 Å². The van der Waals surface area contributed by atoms with Crippen LogP contribution in [0.4, 0.5) is 8.78 Å². The van der Waals surface area contributed by atoms with Gasteiger partial charge in [0.25, 0.3) is 0 Å². The number of thioether (sulfide) groups is 1. The van der Waals surface area contributed by atoms with Crippen LogP contribution >= 0.6 is 11.8 Å². The molecule has 19 heavy (non-hydrogen) atoms. The van der Waals surface area contributed by atoms with Gasteiger partial charge in [0.15, 0.2) is 0 Å². The average molecular weight is 283 g/mol. The predicted molar refractivity (Wildman–Crippen MR) is 71.0 cm³/mol. The van der Waals surface area contributed by atoms with Gasteiger partial charge in [-0.3, -0.25) is 4.79 Å². The maximum Gasteiger partial charge on any atom is 0.235 e. The Morgan fingerprint density at radius 2 is 2.00 bits per heavy atom. The van der Waals surface area contributed by atoms with E-state index in [1.54, 1.807) is 16.7 Å². The molecule has 3 rings (SSSR count). The van der Waals surface area contributed by atoms with Gasteiger partial charge in [-0.1, -0.05) is 0 Å². The van der Waals surface area contributed by atoms with Crippen LogP contribution in [0.3, 0.4) is 0 Å². The molecule has 0 N–H and O–H groups in total. The first-order chi connectivity index (χ1) is 9.16. The SMILES string of the molecule is O=C([C@@H]1CCCS1)N1CCc2c(F)ccc(F)c2C1. The highest BCUT2D eigenvalue weighted by atomic mass is 32.2. The summed E-state index contributed by atoms with van der Waals surface area (Å²) in [5.41, 5.74) is 0.783. The number of benzene rings is 1. The quantitative estimate of drug-likeness (QED) is 0.790. The van der Waals surface area contributed by atoms with Gasteiger partial charge in [0.2, 0.25) is 5.91 Å². The van der Waals surface area contributed by atoms with E-state index in [9.17, 15) is 13.6 Å². The number of carbonyl (C=O) groups is 1. The lowest BCUT2D eigenvalue weighted by Crippen LogP contribution is -2.41. The molecule has 0 aliphatic carbocycles. The minimum Gasteiger partial charge on any atom is -0.337 e. The van der Waals surface area contributed by atoms with Crippen molar-refractivity contribution in [1.29, 1.82) is 0 Å². The molecule has 2 heterocycles. The minimum atomic E-state index is -0.409. The van der Waals surface area contributed by atoms with Crippen molar-refractivity contribution in [2.75, 3.05) is 12.3 Å². The zero-order valence-corrected chi connectivity index (χ0v) is 11.3. The molecule has 0 saturated carbocycles. The van der Waals surface area contributed by atoms with Crippen LogP contribution in [0.25, 0.3) is 0 Å². The molecule has 2 aliphatic rings. The van der Waals surface area contributed by atoms with E-state index in [0.29, 0.717) is 24.1 Å². The second kappa shape index (κ2) is 5.12. The number of amides is 1. The third-order valence-electron chi connectivity index (χ3n) is 3.81. The zero-order chi connectivity index (χ0) is 13.4. The van der Waals surface area contributed by atoms with E-state index in [0.717, 1.165) is 24.7 Å². The highest BCUT2D eigenvalue weighted by molar-refractivity contribution is 8.00. The maximum atomic E-state index is 13.8. The average Bonchev–Trinajstić information content (AvgIpc) is 2.96. The molecule has 1 fully saturated rings. The van der Waals surface area contributed by atoms with E-state index >= 15 is 0 Å². The van der Waals surface area contributed by atoms with Gasteiger partial charge >= 0.3 is 0 Å². The Kier molecular flexibility index (Phi) is 3.48. The molecule has 0 unspecified atom stereocenters. The van der Waals surface area contributed by atoms with Crippen LogP contribution in [0.2, 0.25) is 0 Å². The van der Waals surface area contributed by atoms with Gasteiger partial charge in [0.1, 0.15) is 11.6 Å². The molecule has 0 aromatic heterocycles. The molecule has 0 radical (unpaired) electrons. The summed E-state index contributed by atoms with van der Waals surface area (Å²) in [4.78, 5) is 14.0. The van der Waals surface area contributed by atoms with Crippen molar-refractivity contribution >= 4 is 17.7 Å². The molecule has 1 aromatic rings. The van der Waals surface area contributed by atoms with Crippen LogP contribution in [0.1, 0.15) is 24.0 Å². The fraction of sp³-hybridized carbons (Fsp3) is 0.500. The van der Waals surface area contributed by atoms with Crippen molar-refractivity contribution in [1.82, 2.24) is 4.90 Å². The molecule has 1 atom stereocenters. The number of rotatable bonds is 1. The summed E-state index contributed by atoms with van der Waals surface area (Å²) in [6.07, 6.45) is 2.37. The third kappa shape index (κ3) is 2.36. The molecule has 1 aromatic carbocycles. The lowest BCUT2D eigenvalue weighted by Gasteiger charge is -2.31. The lowest BCUT2D eigenvalue weighted by molar-refractivity contribution is -0.131. The third-order valence-corrected chi connectivity index (χ3v) is 5.18. The van der Waals surface area contributed by atoms with E-state index in [1.165, 1.54) is 6.07 Å². The van der Waals surface area contributed by atoms with Crippen molar-refractivity contribution in [2.24, 2.45) is 0 Å². The lowest BCUT2D eigenvalue weighted by atomic mass is 9.98. The zero-order valence-electron chi connectivity index (χ0n) is 10.5. The van der Waals surface area contributed by atoms with Crippen molar-refractivity contribution in [3.05, 3.63) is 34.9 Å². The Labute approximate surface area is 115 Å². The number of nitrogens with zero attached hydrogens (tertiary/aromatic N) is 1. The van der Waals surface area contributed by atoms with Crippen LogP contribution < -0.4 is 0 Å². The first kappa shape index (κ1) is 12.9. The Hall–Kier alpha value is -1.10. The topological polar surface area (TPSA) is 20.3 Å². The van der Waals surface area contributed by atoms with Crippen molar-refractivity contribution in [3.63, 3.8) is 0 Å². The second-order valence-electron chi connectivity index (χ2n) is 5.00. The maximum absolute atomic E-state index is 13.8. The van der Waals surface area contributed by atoms with E-state index in [1.807, 2.05) is 0 Å². The Bertz CT molecular complexity index is 514. The van der Waals surface area contributed by atoms with Crippen LogP contribution in [-0.4, -0.2) is 28.4 Å². The number of hydrogen-bond acceptors (Lipinski definition) is 2. The van der Waals surface area contributed by atoms with Crippen LogP contribution in [0.15, 0.2) is 12.1 Å². The smallest absolute Gasteiger partial charge is 0.235 e. The molecule has 102 valence electrons. The van der Waals surface area contributed by atoms with Crippen molar-refractivity contribution in [2.45, 2.75) is 31.1 Å². The fourth-order valence-electron chi connectivity index (χ4n) is 2.76. The molecule has 2 nitrogen and oxygen atoms in total.